The van der Waals surface area contributed by atoms with E-state index < -0.39 is 0 Å². The van der Waals surface area contributed by atoms with Crippen LogP contribution in [0, 0.1) is 11.7 Å². The van der Waals surface area contributed by atoms with Crippen molar-refractivity contribution in [2.75, 3.05) is 38.3 Å². The lowest BCUT2D eigenvalue weighted by Gasteiger charge is -2.42. The van der Waals surface area contributed by atoms with Crippen molar-refractivity contribution in [3.05, 3.63) is 66.0 Å². The van der Waals surface area contributed by atoms with Crippen molar-refractivity contribution in [1.82, 2.24) is 4.90 Å². The molecule has 1 aliphatic rings. The standard InChI is InChI=1S/C23H29FN2O2/c1-18-16-25(14-12-19-8-4-3-5-9-19)15-13-21(18)26(23(27)17-28-2)22-11-7-6-10-20(22)24/h3-11,18,21H,12-17H2,1-2H3/t18-,21+/m0/s1. The number of halogens is 1. The van der Waals surface area contributed by atoms with Crippen LogP contribution in [-0.4, -0.2) is 50.2 Å². The van der Waals surface area contributed by atoms with E-state index in [4.69, 9.17) is 4.74 Å². The number of para-hydroxylation sites is 1. The van der Waals surface area contributed by atoms with Gasteiger partial charge in [0.1, 0.15) is 12.4 Å². The summed E-state index contributed by atoms with van der Waals surface area (Å²) in [6.45, 7) is 4.88. The third-order valence-corrected chi connectivity index (χ3v) is 5.48. The zero-order valence-corrected chi connectivity index (χ0v) is 16.7. The van der Waals surface area contributed by atoms with Gasteiger partial charge in [-0.15, -0.1) is 0 Å². The van der Waals surface area contributed by atoms with E-state index >= 15 is 0 Å². The fraction of sp³-hybridized carbons (Fsp3) is 0.435. The molecule has 1 heterocycles. The quantitative estimate of drug-likeness (QED) is 0.729. The summed E-state index contributed by atoms with van der Waals surface area (Å²) in [6.07, 6.45) is 1.83. The summed E-state index contributed by atoms with van der Waals surface area (Å²) in [7, 11) is 1.49. The first-order valence-electron chi connectivity index (χ1n) is 9.92. The Morgan fingerprint density at radius 1 is 1.18 bits per heavy atom. The number of hydrogen-bond donors (Lipinski definition) is 0. The predicted octanol–water partition coefficient (Wildman–Crippen LogP) is 3.76. The molecule has 0 N–H and O–H groups in total. The average Bonchev–Trinajstić information content (AvgIpc) is 2.70. The van der Waals surface area contributed by atoms with Crippen LogP contribution in [0.5, 0.6) is 0 Å². The number of carbonyl (C=O) groups is 1. The summed E-state index contributed by atoms with van der Waals surface area (Å²) >= 11 is 0. The van der Waals surface area contributed by atoms with E-state index in [2.05, 4.69) is 36.1 Å². The number of rotatable bonds is 7. The van der Waals surface area contributed by atoms with Gasteiger partial charge in [0.15, 0.2) is 0 Å². The first-order valence-corrected chi connectivity index (χ1v) is 9.92. The molecule has 0 aliphatic carbocycles. The van der Waals surface area contributed by atoms with Gasteiger partial charge in [-0.05, 0) is 36.5 Å². The summed E-state index contributed by atoms with van der Waals surface area (Å²) in [5.41, 5.74) is 1.68. The van der Waals surface area contributed by atoms with Crippen LogP contribution in [-0.2, 0) is 16.0 Å². The van der Waals surface area contributed by atoms with E-state index in [0.29, 0.717) is 5.69 Å². The molecule has 28 heavy (non-hydrogen) atoms. The van der Waals surface area contributed by atoms with E-state index in [-0.39, 0.29) is 30.3 Å². The highest BCUT2D eigenvalue weighted by Crippen LogP contribution is 2.29. The molecule has 1 saturated heterocycles. The van der Waals surface area contributed by atoms with Gasteiger partial charge in [-0.3, -0.25) is 4.79 Å². The molecule has 3 rings (SSSR count). The molecular weight excluding hydrogens is 355 g/mol. The van der Waals surface area contributed by atoms with Crippen molar-refractivity contribution in [2.24, 2.45) is 5.92 Å². The Hall–Kier alpha value is -2.24. The van der Waals surface area contributed by atoms with Crippen molar-refractivity contribution in [3.8, 4) is 0 Å². The fourth-order valence-electron chi connectivity index (χ4n) is 4.08. The van der Waals surface area contributed by atoms with Gasteiger partial charge in [-0.2, -0.15) is 0 Å². The Morgan fingerprint density at radius 3 is 2.57 bits per heavy atom. The van der Waals surface area contributed by atoms with Crippen LogP contribution >= 0.6 is 0 Å². The minimum Gasteiger partial charge on any atom is -0.375 e. The number of carbonyl (C=O) groups excluding carboxylic acids is 1. The van der Waals surface area contributed by atoms with Crippen LogP contribution in [0.2, 0.25) is 0 Å². The number of anilines is 1. The molecule has 150 valence electrons. The smallest absolute Gasteiger partial charge is 0.253 e. The van der Waals surface area contributed by atoms with Crippen molar-refractivity contribution in [1.29, 1.82) is 0 Å². The second-order valence-electron chi connectivity index (χ2n) is 7.52. The zero-order valence-electron chi connectivity index (χ0n) is 16.7. The van der Waals surface area contributed by atoms with Gasteiger partial charge in [0.25, 0.3) is 5.91 Å². The normalized spacial score (nSPS) is 20.1. The van der Waals surface area contributed by atoms with Crippen LogP contribution in [0.25, 0.3) is 0 Å². The topological polar surface area (TPSA) is 32.8 Å². The number of benzene rings is 2. The van der Waals surface area contributed by atoms with Gasteiger partial charge in [0.2, 0.25) is 0 Å². The first kappa shape index (κ1) is 20.5. The Bertz CT molecular complexity index is 768. The van der Waals surface area contributed by atoms with Crippen LogP contribution in [0.4, 0.5) is 10.1 Å². The fourth-order valence-corrected chi connectivity index (χ4v) is 4.08. The molecule has 1 fully saturated rings. The SMILES string of the molecule is COCC(=O)N(c1ccccc1F)[C@@H]1CCN(CCc2ccccc2)C[C@@H]1C. The number of hydrogen-bond acceptors (Lipinski definition) is 3. The van der Waals surface area contributed by atoms with E-state index in [1.54, 1.807) is 23.1 Å². The molecule has 0 bridgehead atoms. The maximum absolute atomic E-state index is 14.5. The number of piperidine rings is 1. The molecule has 0 spiro atoms. The lowest BCUT2D eigenvalue weighted by molar-refractivity contribution is -0.123. The Labute approximate surface area is 166 Å². The molecule has 0 unspecified atom stereocenters. The Morgan fingerprint density at radius 2 is 1.89 bits per heavy atom. The van der Waals surface area contributed by atoms with E-state index in [1.807, 2.05) is 6.07 Å². The van der Waals surface area contributed by atoms with Crippen LogP contribution in [0.3, 0.4) is 0 Å². The number of ether oxygens (including phenoxy) is 1. The van der Waals surface area contributed by atoms with Crippen LogP contribution < -0.4 is 4.90 Å². The second-order valence-corrected chi connectivity index (χ2v) is 7.52. The van der Waals surface area contributed by atoms with Crippen molar-refractivity contribution in [3.63, 3.8) is 0 Å². The molecular formula is C23H29FN2O2. The summed E-state index contributed by atoms with van der Waals surface area (Å²) < 4.78 is 19.5. The van der Waals surface area contributed by atoms with Crippen molar-refractivity contribution >= 4 is 11.6 Å². The summed E-state index contributed by atoms with van der Waals surface area (Å²) in [5.74, 6) is -0.321. The Balaban J connectivity index is 1.69. The van der Waals surface area contributed by atoms with E-state index in [1.165, 1.54) is 18.7 Å². The number of likely N-dealkylation sites (tertiary alicyclic amines) is 1. The van der Waals surface area contributed by atoms with Crippen molar-refractivity contribution in [2.45, 2.75) is 25.8 Å². The molecule has 2 aromatic rings. The lowest BCUT2D eigenvalue weighted by atomic mass is 9.91. The predicted molar refractivity (Wildman–Crippen MR) is 110 cm³/mol. The molecule has 1 amide bonds. The highest BCUT2D eigenvalue weighted by atomic mass is 19.1. The second kappa shape index (κ2) is 9.80. The molecule has 5 heteroatoms. The van der Waals surface area contributed by atoms with E-state index in [9.17, 15) is 9.18 Å². The monoisotopic (exact) mass is 384 g/mol. The molecule has 1 aliphatic heterocycles. The number of methoxy groups -OCH3 is 1. The zero-order chi connectivity index (χ0) is 19.9. The third kappa shape index (κ3) is 4.97. The molecule has 0 saturated carbocycles. The van der Waals surface area contributed by atoms with Gasteiger partial charge in [0.05, 0.1) is 5.69 Å². The summed E-state index contributed by atoms with van der Waals surface area (Å²) in [6, 6.07) is 16.9. The minimum absolute atomic E-state index is 0.0347. The van der Waals surface area contributed by atoms with Gasteiger partial charge < -0.3 is 14.5 Å². The minimum atomic E-state index is -0.370. The maximum Gasteiger partial charge on any atom is 0.253 e. The summed E-state index contributed by atoms with van der Waals surface area (Å²) in [4.78, 5) is 16.8. The van der Waals surface area contributed by atoms with Gasteiger partial charge in [0, 0.05) is 32.8 Å². The highest BCUT2D eigenvalue weighted by Gasteiger charge is 2.35. The van der Waals surface area contributed by atoms with E-state index in [0.717, 1.165) is 32.5 Å². The molecule has 2 aromatic carbocycles. The lowest BCUT2D eigenvalue weighted by Crippen LogP contribution is -2.53. The van der Waals surface area contributed by atoms with Crippen LogP contribution in [0.1, 0.15) is 18.9 Å². The average molecular weight is 384 g/mol. The number of amides is 1. The number of nitrogens with zero attached hydrogens (tertiary/aromatic N) is 2. The van der Waals surface area contributed by atoms with Gasteiger partial charge in [-0.25, -0.2) is 4.39 Å². The van der Waals surface area contributed by atoms with Gasteiger partial charge in [-0.1, -0.05) is 49.4 Å². The first-order chi connectivity index (χ1) is 13.6. The van der Waals surface area contributed by atoms with Gasteiger partial charge >= 0.3 is 0 Å². The summed E-state index contributed by atoms with van der Waals surface area (Å²) in [5, 5.41) is 0. The largest absolute Gasteiger partial charge is 0.375 e. The molecule has 0 aromatic heterocycles. The molecule has 4 nitrogen and oxygen atoms in total. The van der Waals surface area contributed by atoms with Crippen molar-refractivity contribution < 1.29 is 13.9 Å². The third-order valence-electron chi connectivity index (χ3n) is 5.48. The molecule has 2 atom stereocenters. The highest BCUT2D eigenvalue weighted by molar-refractivity contribution is 5.95. The maximum atomic E-state index is 14.5. The van der Waals surface area contributed by atoms with Crippen LogP contribution in [0.15, 0.2) is 54.6 Å². The Kier molecular flexibility index (Phi) is 7.18. The molecule has 0 radical (unpaired) electrons.